The van der Waals surface area contributed by atoms with Crippen molar-refractivity contribution in [2.45, 2.75) is 47.0 Å². The van der Waals surface area contributed by atoms with Crippen molar-refractivity contribution in [2.24, 2.45) is 5.41 Å². The van der Waals surface area contributed by atoms with E-state index in [4.69, 9.17) is 5.11 Å². The molecule has 0 saturated carbocycles. The van der Waals surface area contributed by atoms with E-state index in [9.17, 15) is 9.90 Å². The van der Waals surface area contributed by atoms with Crippen LogP contribution in [0.25, 0.3) is 0 Å². The third-order valence-corrected chi connectivity index (χ3v) is 4.21. The van der Waals surface area contributed by atoms with Crippen molar-refractivity contribution in [3.8, 4) is 0 Å². The topological polar surface area (TPSA) is 57.5 Å². The minimum absolute atomic E-state index is 0.0463. The number of carboxylic acids is 1. The predicted molar refractivity (Wildman–Crippen MR) is 95.2 cm³/mol. The van der Waals surface area contributed by atoms with Crippen LogP contribution in [0.2, 0.25) is 0 Å². The molecule has 23 heavy (non-hydrogen) atoms. The molecule has 0 unspecified atom stereocenters. The molecule has 0 atom stereocenters. The first-order valence-electron chi connectivity index (χ1n) is 8.04. The summed E-state index contributed by atoms with van der Waals surface area (Å²) < 4.78 is 0. The summed E-state index contributed by atoms with van der Waals surface area (Å²) in [5.41, 5.74) is 4.41. The molecule has 0 aromatic rings. The molecule has 0 saturated heterocycles. The van der Waals surface area contributed by atoms with E-state index in [-0.39, 0.29) is 12.0 Å². The van der Waals surface area contributed by atoms with Crippen LogP contribution in [-0.4, -0.2) is 22.8 Å². The molecule has 0 aromatic heterocycles. The molecule has 0 aromatic carbocycles. The molecular formula is C20H28O3. The van der Waals surface area contributed by atoms with Gasteiger partial charge in [0.2, 0.25) is 0 Å². The maximum Gasteiger partial charge on any atom is 0.328 e. The second kappa shape index (κ2) is 8.68. The van der Waals surface area contributed by atoms with E-state index in [1.165, 1.54) is 24.0 Å². The first kappa shape index (κ1) is 19.2. The van der Waals surface area contributed by atoms with Crippen molar-refractivity contribution in [2.75, 3.05) is 6.61 Å². The van der Waals surface area contributed by atoms with E-state index in [1.807, 2.05) is 6.08 Å². The fraction of sp³-hybridized carbons (Fsp3) is 0.450. The van der Waals surface area contributed by atoms with Crippen LogP contribution in [0.15, 0.2) is 58.7 Å². The van der Waals surface area contributed by atoms with Gasteiger partial charge in [0.25, 0.3) is 0 Å². The lowest BCUT2D eigenvalue weighted by molar-refractivity contribution is -0.131. The summed E-state index contributed by atoms with van der Waals surface area (Å²) in [6, 6.07) is 0. The summed E-state index contributed by atoms with van der Waals surface area (Å²) in [6.45, 7) is 8.39. The van der Waals surface area contributed by atoms with Crippen molar-refractivity contribution >= 4 is 5.97 Å². The van der Waals surface area contributed by atoms with E-state index >= 15 is 0 Å². The SMILES string of the molecule is CC1=C(/C=C/C(=C/C=C/C(C)=C/C(=O)O)CO)C(C)(C)CCC1. The summed E-state index contributed by atoms with van der Waals surface area (Å²) >= 11 is 0. The standard InChI is InChI=1S/C20H28O3/c1-15(13-19(22)23)7-5-9-17(14-21)10-11-18-16(2)8-6-12-20(18,3)4/h5,7,9-11,13,21H,6,8,12,14H2,1-4H3,(H,22,23)/b7-5+,11-10+,15-13+,17-9-. The molecule has 3 heteroatoms. The summed E-state index contributed by atoms with van der Waals surface area (Å²) in [5, 5.41) is 18.1. The first-order chi connectivity index (χ1) is 10.8. The molecule has 0 fully saturated rings. The van der Waals surface area contributed by atoms with Crippen LogP contribution in [0.3, 0.4) is 0 Å². The zero-order valence-corrected chi connectivity index (χ0v) is 14.6. The Morgan fingerprint density at radius 2 is 2.00 bits per heavy atom. The van der Waals surface area contributed by atoms with Crippen molar-refractivity contribution in [1.29, 1.82) is 0 Å². The lowest BCUT2D eigenvalue weighted by Crippen LogP contribution is -2.19. The lowest BCUT2D eigenvalue weighted by Gasteiger charge is -2.33. The van der Waals surface area contributed by atoms with Crippen molar-refractivity contribution in [1.82, 2.24) is 0 Å². The van der Waals surface area contributed by atoms with Crippen LogP contribution in [0.1, 0.15) is 47.0 Å². The number of carboxylic acid groups (broad SMARTS) is 1. The highest BCUT2D eigenvalue weighted by molar-refractivity contribution is 5.81. The number of hydrogen-bond donors (Lipinski definition) is 2. The van der Waals surface area contributed by atoms with Gasteiger partial charge in [-0.05, 0) is 55.2 Å². The second-order valence-electron chi connectivity index (χ2n) is 6.75. The summed E-state index contributed by atoms with van der Waals surface area (Å²) in [7, 11) is 0. The number of aliphatic hydroxyl groups excluding tert-OH is 1. The zero-order chi connectivity index (χ0) is 17.5. The fourth-order valence-electron chi connectivity index (χ4n) is 2.93. The van der Waals surface area contributed by atoms with Gasteiger partial charge in [-0.3, -0.25) is 0 Å². The number of aliphatic carboxylic acids is 1. The third kappa shape index (κ3) is 6.41. The summed E-state index contributed by atoms with van der Waals surface area (Å²) in [4.78, 5) is 10.6. The molecule has 0 spiro atoms. The molecule has 0 amide bonds. The van der Waals surface area contributed by atoms with Crippen LogP contribution in [-0.2, 0) is 4.79 Å². The van der Waals surface area contributed by atoms with Gasteiger partial charge >= 0.3 is 5.97 Å². The number of hydrogen-bond acceptors (Lipinski definition) is 2. The van der Waals surface area contributed by atoms with Crippen LogP contribution in [0, 0.1) is 5.41 Å². The van der Waals surface area contributed by atoms with Crippen molar-refractivity contribution in [3.63, 3.8) is 0 Å². The average Bonchev–Trinajstić information content (AvgIpc) is 2.43. The summed E-state index contributed by atoms with van der Waals surface area (Å²) in [5.74, 6) is -0.958. The monoisotopic (exact) mass is 316 g/mol. The molecule has 126 valence electrons. The molecule has 0 heterocycles. The van der Waals surface area contributed by atoms with Gasteiger partial charge in [-0.1, -0.05) is 49.8 Å². The Labute approximate surface area is 139 Å². The van der Waals surface area contributed by atoms with E-state index in [2.05, 4.69) is 26.8 Å². The Morgan fingerprint density at radius 3 is 2.57 bits per heavy atom. The van der Waals surface area contributed by atoms with Crippen LogP contribution < -0.4 is 0 Å². The maximum absolute atomic E-state index is 10.6. The van der Waals surface area contributed by atoms with Gasteiger partial charge in [0.05, 0.1) is 6.61 Å². The molecule has 1 aliphatic rings. The number of aliphatic hydroxyl groups is 1. The number of carbonyl (C=O) groups is 1. The predicted octanol–water partition coefficient (Wildman–Crippen LogP) is 4.58. The zero-order valence-electron chi connectivity index (χ0n) is 14.6. The van der Waals surface area contributed by atoms with Gasteiger partial charge in [-0.15, -0.1) is 0 Å². The molecule has 0 radical (unpaired) electrons. The molecule has 0 aliphatic heterocycles. The van der Waals surface area contributed by atoms with Crippen LogP contribution >= 0.6 is 0 Å². The minimum atomic E-state index is -0.958. The Morgan fingerprint density at radius 1 is 1.30 bits per heavy atom. The Kier molecular flexibility index (Phi) is 7.24. The smallest absolute Gasteiger partial charge is 0.328 e. The molecule has 3 nitrogen and oxygen atoms in total. The minimum Gasteiger partial charge on any atom is -0.478 e. The Balaban J connectivity index is 2.89. The molecule has 0 bridgehead atoms. The largest absolute Gasteiger partial charge is 0.478 e. The maximum atomic E-state index is 10.6. The molecular weight excluding hydrogens is 288 g/mol. The van der Waals surface area contributed by atoms with Gasteiger partial charge in [-0.2, -0.15) is 0 Å². The number of allylic oxidation sites excluding steroid dienone is 7. The first-order valence-corrected chi connectivity index (χ1v) is 8.04. The lowest BCUT2D eigenvalue weighted by atomic mass is 9.72. The normalized spacial score (nSPS) is 19.9. The van der Waals surface area contributed by atoms with E-state index in [1.54, 1.807) is 25.2 Å². The van der Waals surface area contributed by atoms with E-state index < -0.39 is 5.97 Å². The Bertz CT molecular complexity index is 584. The molecule has 2 N–H and O–H groups in total. The van der Waals surface area contributed by atoms with Crippen LogP contribution in [0.4, 0.5) is 0 Å². The average molecular weight is 316 g/mol. The number of rotatable bonds is 6. The second-order valence-corrected chi connectivity index (χ2v) is 6.75. The fourth-order valence-corrected chi connectivity index (χ4v) is 2.93. The Hall–Kier alpha value is -1.87. The van der Waals surface area contributed by atoms with Gasteiger partial charge in [0.15, 0.2) is 0 Å². The highest BCUT2D eigenvalue weighted by Gasteiger charge is 2.26. The highest BCUT2D eigenvalue weighted by Crippen LogP contribution is 2.40. The van der Waals surface area contributed by atoms with Gasteiger partial charge in [0.1, 0.15) is 0 Å². The molecule has 1 aliphatic carbocycles. The van der Waals surface area contributed by atoms with Crippen LogP contribution in [0.5, 0.6) is 0 Å². The summed E-state index contributed by atoms with van der Waals surface area (Å²) in [6.07, 6.45) is 14.1. The van der Waals surface area contributed by atoms with Gasteiger partial charge in [0, 0.05) is 6.08 Å². The van der Waals surface area contributed by atoms with E-state index in [0.29, 0.717) is 5.57 Å². The van der Waals surface area contributed by atoms with Gasteiger partial charge < -0.3 is 10.2 Å². The molecule has 1 rings (SSSR count). The van der Waals surface area contributed by atoms with Crippen molar-refractivity contribution < 1.29 is 15.0 Å². The van der Waals surface area contributed by atoms with Gasteiger partial charge in [-0.25, -0.2) is 4.79 Å². The quantitative estimate of drug-likeness (QED) is 0.557. The van der Waals surface area contributed by atoms with E-state index in [0.717, 1.165) is 18.1 Å². The highest BCUT2D eigenvalue weighted by atomic mass is 16.4. The van der Waals surface area contributed by atoms with Crippen molar-refractivity contribution in [3.05, 3.63) is 58.7 Å². The third-order valence-electron chi connectivity index (χ3n) is 4.21.